The first-order chi connectivity index (χ1) is 11.4. The van der Waals surface area contributed by atoms with Crippen LogP contribution < -0.4 is 0 Å². The van der Waals surface area contributed by atoms with Gasteiger partial charge in [0, 0.05) is 6.42 Å². The first-order valence-corrected chi connectivity index (χ1v) is 8.92. The third-order valence-corrected chi connectivity index (χ3v) is 4.56. The summed E-state index contributed by atoms with van der Waals surface area (Å²) in [4.78, 5) is 12.0. The topological polar surface area (TPSA) is 127 Å². The first-order valence-electron chi connectivity index (χ1n) is 8.92. The van der Waals surface area contributed by atoms with Crippen molar-refractivity contribution in [3.8, 4) is 0 Å². The maximum absolute atomic E-state index is 12.0. The Kier molecular flexibility index (Phi) is 9.33. The van der Waals surface area contributed by atoms with Crippen LogP contribution in [0.3, 0.4) is 0 Å². The van der Waals surface area contributed by atoms with Crippen LogP contribution in [0, 0.1) is 0 Å². The Labute approximate surface area is 143 Å². The number of ketones is 1. The second kappa shape index (κ2) is 10.4. The molecule has 0 aromatic heterocycles. The zero-order valence-corrected chi connectivity index (χ0v) is 14.4. The fourth-order valence-corrected chi connectivity index (χ4v) is 3.02. The quantitative estimate of drug-likeness (QED) is 0.339. The molecule has 1 aliphatic heterocycles. The lowest BCUT2D eigenvalue weighted by molar-refractivity contribution is -0.347. The van der Waals surface area contributed by atoms with Crippen LogP contribution >= 0.6 is 0 Å². The standard InChI is InChI=1S/C17H32O7/c1-2-3-4-5-6-7-8-9-12(19)10-17(23)16(22)15(21)14(20)13(11-18)24-17/h13-16,18,20-23H,2-11H2,1H3/t13-,14-,15+,16+,17+/m1/s1. The fourth-order valence-electron chi connectivity index (χ4n) is 3.02. The van der Waals surface area contributed by atoms with Gasteiger partial charge in [0.15, 0.2) is 0 Å². The smallest absolute Gasteiger partial charge is 0.202 e. The molecular weight excluding hydrogens is 316 g/mol. The van der Waals surface area contributed by atoms with Crippen LogP contribution in [0.4, 0.5) is 0 Å². The molecule has 0 amide bonds. The molecule has 0 radical (unpaired) electrons. The highest BCUT2D eigenvalue weighted by molar-refractivity contribution is 5.79. The Balaban J connectivity index is 2.38. The van der Waals surface area contributed by atoms with E-state index >= 15 is 0 Å². The number of ether oxygens (including phenoxy) is 1. The van der Waals surface area contributed by atoms with Gasteiger partial charge in [-0.25, -0.2) is 0 Å². The predicted octanol–water partition coefficient (Wildman–Crippen LogP) is 0.249. The van der Waals surface area contributed by atoms with Gasteiger partial charge in [-0.1, -0.05) is 45.4 Å². The minimum Gasteiger partial charge on any atom is -0.394 e. The Morgan fingerprint density at radius 3 is 2.17 bits per heavy atom. The number of hydrogen-bond acceptors (Lipinski definition) is 7. The van der Waals surface area contributed by atoms with Crippen molar-refractivity contribution < 1.29 is 35.1 Å². The zero-order chi connectivity index (χ0) is 18.2. The average Bonchev–Trinajstić information content (AvgIpc) is 2.55. The zero-order valence-electron chi connectivity index (χ0n) is 14.4. The monoisotopic (exact) mass is 348 g/mol. The second-order valence-corrected chi connectivity index (χ2v) is 6.70. The summed E-state index contributed by atoms with van der Waals surface area (Å²) in [5.74, 6) is -2.57. The highest BCUT2D eigenvalue weighted by atomic mass is 16.7. The van der Waals surface area contributed by atoms with Crippen LogP contribution in [-0.4, -0.2) is 68.1 Å². The van der Waals surface area contributed by atoms with E-state index in [0.717, 1.165) is 19.3 Å². The van der Waals surface area contributed by atoms with Crippen molar-refractivity contribution in [3.05, 3.63) is 0 Å². The molecule has 1 saturated heterocycles. The van der Waals surface area contributed by atoms with E-state index in [1.165, 1.54) is 19.3 Å². The summed E-state index contributed by atoms with van der Waals surface area (Å²) in [5, 5.41) is 48.7. The number of carbonyl (C=O) groups is 1. The maximum atomic E-state index is 12.0. The fraction of sp³-hybridized carbons (Fsp3) is 0.941. The van der Waals surface area contributed by atoms with E-state index in [2.05, 4.69) is 6.92 Å². The Morgan fingerprint density at radius 2 is 1.58 bits per heavy atom. The van der Waals surface area contributed by atoms with Gasteiger partial charge in [0.2, 0.25) is 5.79 Å². The molecule has 5 N–H and O–H groups in total. The normalized spacial score (nSPS) is 33.6. The molecule has 0 unspecified atom stereocenters. The molecule has 1 aliphatic rings. The molecule has 0 saturated carbocycles. The molecular formula is C17H32O7. The summed E-state index contributed by atoms with van der Waals surface area (Å²) >= 11 is 0. The van der Waals surface area contributed by atoms with Crippen molar-refractivity contribution in [2.24, 2.45) is 0 Å². The first kappa shape index (κ1) is 21.5. The van der Waals surface area contributed by atoms with Crippen LogP contribution in [0.15, 0.2) is 0 Å². The molecule has 7 heteroatoms. The van der Waals surface area contributed by atoms with E-state index in [-0.39, 0.29) is 12.2 Å². The van der Waals surface area contributed by atoms with E-state index in [9.17, 15) is 25.2 Å². The lowest BCUT2D eigenvalue weighted by Crippen LogP contribution is -2.65. The van der Waals surface area contributed by atoms with Crippen molar-refractivity contribution in [3.63, 3.8) is 0 Å². The van der Waals surface area contributed by atoms with E-state index in [4.69, 9.17) is 9.84 Å². The van der Waals surface area contributed by atoms with Crippen molar-refractivity contribution in [2.45, 2.75) is 94.9 Å². The molecule has 0 aliphatic carbocycles. The highest BCUT2D eigenvalue weighted by Crippen LogP contribution is 2.31. The summed E-state index contributed by atoms with van der Waals surface area (Å²) in [6.45, 7) is 1.52. The van der Waals surface area contributed by atoms with Gasteiger partial charge >= 0.3 is 0 Å². The molecule has 0 bridgehead atoms. The molecule has 1 rings (SSSR count). The molecule has 24 heavy (non-hydrogen) atoms. The minimum absolute atomic E-state index is 0.259. The van der Waals surface area contributed by atoms with Crippen LogP contribution in [0.1, 0.15) is 64.7 Å². The largest absolute Gasteiger partial charge is 0.394 e. The van der Waals surface area contributed by atoms with Crippen LogP contribution in [0.2, 0.25) is 0 Å². The van der Waals surface area contributed by atoms with E-state index in [0.29, 0.717) is 6.42 Å². The molecule has 1 fully saturated rings. The Morgan fingerprint density at radius 1 is 1.00 bits per heavy atom. The second-order valence-electron chi connectivity index (χ2n) is 6.70. The van der Waals surface area contributed by atoms with Gasteiger partial charge in [-0.2, -0.15) is 0 Å². The minimum atomic E-state index is -2.29. The van der Waals surface area contributed by atoms with Crippen LogP contribution in [0.25, 0.3) is 0 Å². The molecule has 0 spiro atoms. The number of carbonyl (C=O) groups excluding carboxylic acids is 1. The number of unbranched alkanes of at least 4 members (excludes halogenated alkanes) is 6. The van der Waals surface area contributed by atoms with Crippen molar-refractivity contribution in [1.82, 2.24) is 0 Å². The van der Waals surface area contributed by atoms with Crippen molar-refractivity contribution >= 4 is 5.78 Å². The summed E-state index contributed by atoms with van der Waals surface area (Å²) in [6.07, 6.45) is 0.958. The number of hydrogen-bond donors (Lipinski definition) is 5. The van der Waals surface area contributed by atoms with E-state index in [1.54, 1.807) is 0 Å². The molecule has 7 nitrogen and oxygen atoms in total. The number of Topliss-reactive ketones (excluding diaryl/α,β-unsaturated/α-hetero) is 1. The highest BCUT2D eigenvalue weighted by Gasteiger charge is 2.53. The van der Waals surface area contributed by atoms with E-state index in [1.807, 2.05) is 0 Å². The third-order valence-electron chi connectivity index (χ3n) is 4.56. The summed E-state index contributed by atoms with van der Waals surface area (Å²) < 4.78 is 5.09. The third kappa shape index (κ3) is 6.06. The van der Waals surface area contributed by atoms with Crippen LogP contribution in [0.5, 0.6) is 0 Å². The molecule has 0 aromatic carbocycles. The SMILES string of the molecule is CCCCCCCCCC(=O)C[C@]1(O)O[C@H](CO)[C@@H](O)[C@H](O)[C@@H]1O. The maximum Gasteiger partial charge on any atom is 0.202 e. The molecule has 142 valence electrons. The molecule has 1 heterocycles. The van der Waals surface area contributed by atoms with Gasteiger partial charge in [0.25, 0.3) is 0 Å². The van der Waals surface area contributed by atoms with E-state index < -0.39 is 43.2 Å². The number of aliphatic hydroxyl groups excluding tert-OH is 4. The van der Waals surface area contributed by atoms with Gasteiger partial charge in [-0.05, 0) is 6.42 Å². The van der Waals surface area contributed by atoms with Crippen molar-refractivity contribution in [1.29, 1.82) is 0 Å². The lowest BCUT2D eigenvalue weighted by atomic mass is 9.89. The van der Waals surface area contributed by atoms with Gasteiger partial charge in [0.05, 0.1) is 13.0 Å². The summed E-state index contributed by atoms with van der Waals surface area (Å²) in [7, 11) is 0. The van der Waals surface area contributed by atoms with Gasteiger partial charge in [-0.3, -0.25) is 4.79 Å². The average molecular weight is 348 g/mol. The summed E-state index contributed by atoms with van der Waals surface area (Å²) in [6, 6.07) is 0. The predicted molar refractivity (Wildman–Crippen MR) is 87.2 cm³/mol. The van der Waals surface area contributed by atoms with Crippen LogP contribution in [-0.2, 0) is 9.53 Å². The molecule has 0 aromatic rings. The Hall–Kier alpha value is -0.570. The van der Waals surface area contributed by atoms with Gasteiger partial charge < -0.3 is 30.3 Å². The van der Waals surface area contributed by atoms with Crippen molar-refractivity contribution in [2.75, 3.05) is 6.61 Å². The van der Waals surface area contributed by atoms with Gasteiger partial charge in [-0.15, -0.1) is 0 Å². The number of rotatable bonds is 11. The van der Waals surface area contributed by atoms with Gasteiger partial charge in [0.1, 0.15) is 30.2 Å². The molecule has 5 atom stereocenters. The Bertz CT molecular complexity index is 374. The summed E-state index contributed by atoms with van der Waals surface area (Å²) in [5.41, 5.74) is 0. The lowest BCUT2D eigenvalue weighted by Gasteiger charge is -2.45. The number of aliphatic hydroxyl groups is 5.